The molecule has 1 aromatic heterocycles. The highest BCUT2D eigenvalue weighted by Crippen LogP contribution is 2.18. The second-order valence-electron chi connectivity index (χ2n) is 4.15. The third kappa shape index (κ3) is 2.63. The zero-order valence-electron chi connectivity index (χ0n) is 10.1. The van der Waals surface area contributed by atoms with E-state index in [1.54, 1.807) is 0 Å². The van der Waals surface area contributed by atoms with Gasteiger partial charge in [-0.25, -0.2) is 8.42 Å². The number of pyridine rings is 1. The van der Waals surface area contributed by atoms with E-state index in [1.807, 2.05) is 6.92 Å². The Morgan fingerprint density at radius 1 is 1.50 bits per heavy atom. The van der Waals surface area contributed by atoms with E-state index in [0.29, 0.717) is 19.7 Å². The van der Waals surface area contributed by atoms with E-state index in [0.717, 1.165) is 6.42 Å². The molecule has 1 saturated heterocycles. The van der Waals surface area contributed by atoms with Gasteiger partial charge in [0.05, 0.1) is 17.6 Å². The van der Waals surface area contributed by atoms with Gasteiger partial charge in [0.25, 0.3) is 0 Å². The molecule has 0 aromatic carbocycles. The van der Waals surface area contributed by atoms with Gasteiger partial charge in [0.15, 0.2) is 0 Å². The van der Waals surface area contributed by atoms with Crippen molar-refractivity contribution in [3.8, 4) is 0 Å². The van der Waals surface area contributed by atoms with E-state index in [2.05, 4.69) is 4.98 Å². The summed E-state index contributed by atoms with van der Waals surface area (Å²) in [6.07, 6.45) is 1.95. The first kappa shape index (κ1) is 13.3. The summed E-state index contributed by atoms with van der Waals surface area (Å²) in [5, 5.41) is 0. The first-order valence-electron chi connectivity index (χ1n) is 5.84. The van der Waals surface area contributed by atoms with Crippen molar-refractivity contribution >= 4 is 10.0 Å². The summed E-state index contributed by atoms with van der Waals surface area (Å²) in [7, 11) is -3.54. The van der Waals surface area contributed by atoms with Gasteiger partial charge in [-0.1, -0.05) is 6.92 Å². The summed E-state index contributed by atoms with van der Waals surface area (Å²) in [6.45, 7) is 3.07. The lowest BCUT2D eigenvalue weighted by Gasteiger charge is -2.31. The molecule has 1 N–H and O–H groups in total. The summed E-state index contributed by atoms with van der Waals surface area (Å²) in [6, 6.07) is 2.54. The van der Waals surface area contributed by atoms with Crippen LogP contribution in [0, 0.1) is 0 Å². The molecule has 0 spiro atoms. The van der Waals surface area contributed by atoms with Crippen molar-refractivity contribution in [3.05, 3.63) is 28.7 Å². The van der Waals surface area contributed by atoms with E-state index in [4.69, 9.17) is 4.74 Å². The van der Waals surface area contributed by atoms with Gasteiger partial charge in [0.1, 0.15) is 0 Å². The van der Waals surface area contributed by atoms with Gasteiger partial charge < -0.3 is 9.72 Å². The van der Waals surface area contributed by atoms with Crippen molar-refractivity contribution < 1.29 is 13.2 Å². The minimum Gasteiger partial charge on any atom is -0.375 e. The van der Waals surface area contributed by atoms with Crippen LogP contribution in [0.2, 0.25) is 0 Å². The number of aromatic nitrogens is 1. The molecule has 0 saturated carbocycles. The molecule has 2 heterocycles. The predicted octanol–water partition coefficient (Wildman–Crippen LogP) is 0.174. The monoisotopic (exact) mass is 272 g/mol. The summed E-state index contributed by atoms with van der Waals surface area (Å²) in [4.78, 5) is 13.4. The van der Waals surface area contributed by atoms with E-state index in [1.165, 1.54) is 22.6 Å². The number of rotatable bonds is 3. The Bertz CT molecular complexity index is 546. The van der Waals surface area contributed by atoms with Crippen LogP contribution < -0.4 is 5.56 Å². The number of morpholine rings is 1. The molecule has 0 bridgehead atoms. The quantitative estimate of drug-likeness (QED) is 0.851. The molecule has 2 rings (SSSR count). The van der Waals surface area contributed by atoms with Crippen LogP contribution in [0.25, 0.3) is 0 Å². The molecule has 0 aliphatic carbocycles. The maximum Gasteiger partial charge on any atom is 0.247 e. The highest BCUT2D eigenvalue weighted by Gasteiger charge is 2.30. The zero-order chi connectivity index (χ0) is 13.2. The lowest BCUT2D eigenvalue weighted by molar-refractivity contribution is -0.00278. The van der Waals surface area contributed by atoms with Crippen molar-refractivity contribution in [1.29, 1.82) is 0 Å². The minimum atomic E-state index is -3.54. The molecule has 0 radical (unpaired) electrons. The number of sulfonamides is 1. The first-order chi connectivity index (χ1) is 8.54. The molecule has 100 valence electrons. The summed E-state index contributed by atoms with van der Waals surface area (Å²) < 4.78 is 31.5. The second-order valence-corrected chi connectivity index (χ2v) is 6.09. The van der Waals surface area contributed by atoms with Gasteiger partial charge in [0.2, 0.25) is 15.6 Å². The molecule has 0 amide bonds. The lowest BCUT2D eigenvalue weighted by Crippen LogP contribution is -2.45. The van der Waals surface area contributed by atoms with E-state index < -0.39 is 10.0 Å². The summed E-state index contributed by atoms with van der Waals surface area (Å²) in [5.41, 5.74) is -0.317. The van der Waals surface area contributed by atoms with Crippen molar-refractivity contribution in [2.75, 3.05) is 19.7 Å². The average molecular weight is 272 g/mol. The van der Waals surface area contributed by atoms with Crippen molar-refractivity contribution in [2.24, 2.45) is 0 Å². The Morgan fingerprint density at radius 2 is 2.28 bits per heavy atom. The Balaban J connectivity index is 2.25. The van der Waals surface area contributed by atoms with Gasteiger partial charge in [-0.05, 0) is 12.5 Å². The number of hydrogen-bond donors (Lipinski definition) is 1. The van der Waals surface area contributed by atoms with Gasteiger partial charge in [-0.3, -0.25) is 4.79 Å². The fourth-order valence-electron chi connectivity index (χ4n) is 1.86. The molecule has 1 atom stereocenters. The Morgan fingerprint density at radius 3 is 2.89 bits per heavy atom. The number of ether oxygens (including phenoxy) is 1. The first-order valence-corrected chi connectivity index (χ1v) is 7.28. The molecule has 1 fully saturated rings. The lowest BCUT2D eigenvalue weighted by atomic mass is 10.2. The maximum atomic E-state index is 12.3. The van der Waals surface area contributed by atoms with Crippen LogP contribution >= 0.6 is 0 Å². The van der Waals surface area contributed by atoms with Crippen LogP contribution in [0.5, 0.6) is 0 Å². The van der Waals surface area contributed by atoms with Gasteiger partial charge >= 0.3 is 0 Å². The second kappa shape index (κ2) is 5.21. The molecule has 1 aromatic rings. The molecule has 1 unspecified atom stereocenters. The number of nitrogens with zero attached hydrogens (tertiary/aromatic N) is 1. The van der Waals surface area contributed by atoms with Crippen LogP contribution in [0.3, 0.4) is 0 Å². The maximum absolute atomic E-state index is 12.3. The Kier molecular flexibility index (Phi) is 3.84. The zero-order valence-corrected chi connectivity index (χ0v) is 10.9. The summed E-state index contributed by atoms with van der Waals surface area (Å²) >= 11 is 0. The Hall–Kier alpha value is -1.18. The van der Waals surface area contributed by atoms with Gasteiger partial charge in [-0.15, -0.1) is 0 Å². The van der Waals surface area contributed by atoms with Crippen molar-refractivity contribution in [3.63, 3.8) is 0 Å². The molecule has 1 aliphatic rings. The molecule has 1 aliphatic heterocycles. The molecule has 7 heteroatoms. The van der Waals surface area contributed by atoms with Crippen LogP contribution in [0.15, 0.2) is 28.0 Å². The standard InChI is InChI=1S/C11H16N2O4S/c1-2-9-8-13(5-6-17-9)18(15,16)10-3-4-11(14)12-7-10/h3-4,7,9H,2,5-6,8H2,1H3,(H,12,14). The van der Waals surface area contributed by atoms with Gasteiger partial charge in [0, 0.05) is 25.4 Å². The highest BCUT2D eigenvalue weighted by atomic mass is 32.2. The topological polar surface area (TPSA) is 79.5 Å². The molecule has 18 heavy (non-hydrogen) atoms. The van der Waals surface area contributed by atoms with Crippen LogP contribution in [0.4, 0.5) is 0 Å². The highest BCUT2D eigenvalue weighted by molar-refractivity contribution is 7.89. The number of nitrogens with one attached hydrogen (secondary N) is 1. The largest absolute Gasteiger partial charge is 0.375 e. The van der Waals surface area contributed by atoms with E-state index >= 15 is 0 Å². The molecular weight excluding hydrogens is 256 g/mol. The number of H-pyrrole nitrogens is 1. The molecule has 6 nitrogen and oxygen atoms in total. The van der Waals surface area contributed by atoms with Gasteiger partial charge in [-0.2, -0.15) is 4.31 Å². The van der Waals surface area contributed by atoms with Crippen molar-refractivity contribution in [2.45, 2.75) is 24.3 Å². The SMILES string of the molecule is CCC1CN(S(=O)(=O)c2ccc(=O)[nH]c2)CCO1. The summed E-state index contributed by atoms with van der Waals surface area (Å²) in [5.74, 6) is 0. The minimum absolute atomic E-state index is 0.0590. The number of hydrogen-bond acceptors (Lipinski definition) is 4. The number of aromatic amines is 1. The normalized spacial score (nSPS) is 21.9. The fourth-order valence-corrected chi connectivity index (χ4v) is 3.29. The molecular formula is C11H16N2O4S. The Labute approximate surface area is 106 Å². The smallest absolute Gasteiger partial charge is 0.247 e. The van der Waals surface area contributed by atoms with Crippen LogP contribution in [0.1, 0.15) is 13.3 Å². The van der Waals surface area contributed by atoms with E-state index in [9.17, 15) is 13.2 Å². The van der Waals surface area contributed by atoms with E-state index in [-0.39, 0.29) is 16.6 Å². The fraction of sp³-hybridized carbons (Fsp3) is 0.545. The van der Waals surface area contributed by atoms with Crippen LogP contribution in [-0.2, 0) is 14.8 Å². The average Bonchev–Trinajstić information content (AvgIpc) is 2.39. The predicted molar refractivity (Wildman–Crippen MR) is 65.9 cm³/mol. The third-order valence-electron chi connectivity index (χ3n) is 2.95. The van der Waals surface area contributed by atoms with Crippen molar-refractivity contribution in [1.82, 2.24) is 9.29 Å². The third-order valence-corrected chi connectivity index (χ3v) is 4.81. The van der Waals surface area contributed by atoms with Crippen LogP contribution in [-0.4, -0.2) is 43.5 Å².